The van der Waals surface area contributed by atoms with Crippen LogP contribution >= 0.6 is 11.6 Å². The Labute approximate surface area is 205 Å². The highest BCUT2D eigenvalue weighted by atomic mass is 35.5. The molecule has 0 aliphatic carbocycles. The van der Waals surface area contributed by atoms with Gasteiger partial charge in [0, 0.05) is 41.6 Å². The van der Waals surface area contributed by atoms with E-state index in [4.69, 9.17) is 16.7 Å². The predicted molar refractivity (Wildman–Crippen MR) is 138 cm³/mol. The summed E-state index contributed by atoms with van der Waals surface area (Å²) in [5.41, 5.74) is 4.08. The fourth-order valence-corrected chi connectivity index (χ4v) is 4.90. The van der Waals surface area contributed by atoms with Gasteiger partial charge < -0.3 is 5.32 Å². The molecule has 1 aliphatic heterocycles. The van der Waals surface area contributed by atoms with Crippen LogP contribution in [0, 0.1) is 0 Å². The number of benzene rings is 3. The van der Waals surface area contributed by atoms with Crippen LogP contribution in [0.2, 0.25) is 5.02 Å². The van der Waals surface area contributed by atoms with Crippen molar-refractivity contribution in [2.75, 3.05) is 13.1 Å². The van der Waals surface area contributed by atoms with Crippen LogP contribution in [-0.4, -0.2) is 39.7 Å². The number of rotatable bonds is 6. The van der Waals surface area contributed by atoms with Crippen molar-refractivity contribution < 1.29 is 4.79 Å². The van der Waals surface area contributed by atoms with Gasteiger partial charge in [-0.15, -0.1) is 0 Å². The normalized spacial score (nSPS) is 15.9. The lowest BCUT2D eigenvalue weighted by Crippen LogP contribution is -2.46. The topological polar surface area (TPSA) is 50.2 Å². The zero-order valence-corrected chi connectivity index (χ0v) is 20.1. The molecular weight excluding hydrogens is 444 g/mol. The second-order valence-corrected chi connectivity index (χ2v) is 9.48. The van der Waals surface area contributed by atoms with Crippen LogP contribution in [0.4, 0.5) is 0 Å². The molecule has 1 amide bonds. The van der Waals surface area contributed by atoms with Gasteiger partial charge >= 0.3 is 0 Å². The molecule has 0 radical (unpaired) electrons. The lowest BCUT2D eigenvalue weighted by molar-refractivity contribution is -0.125. The number of nitrogens with one attached hydrogen (secondary N) is 1. The summed E-state index contributed by atoms with van der Waals surface area (Å²) < 4.78 is 1.83. The van der Waals surface area contributed by atoms with Crippen molar-refractivity contribution in [2.24, 2.45) is 0 Å². The van der Waals surface area contributed by atoms with E-state index in [1.165, 1.54) is 5.56 Å². The first-order valence-corrected chi connectivity index (χ1v) is 12.3. The standard InChI is InChI=1S/C28H29ClN4O/c1-20(28(34)30-24-14-16-32(17-15-24)19-21-8-4-2-5-9-21)33-26-13-12-23(29)18-25(26)27(31-33)22-10-6-3-7-11-22/h2-13,18,20,24H,14-17,19H2,1H3,(H,30,34). The third kappa shape index (κ3) is 4.86. The summed E-state index contributed by atoms with van der Waals surface area (Å²) >= 11 is 6.30. The third-order valence-corrected chi connectivity index (χ3v) is 6.88. The highest BCUT2D eigenvalue weighted by Crippen LogP contribution is 2.32. The minimum Gasteiger partial charge on any atom is -0.351 e. The number of amides is 1. The van der Waals surface area contributed by atoms with Gasteiger partial charge in [-0.3, -0.25) is 14.4 Å². The number of piperidine rings is 1. The van der Waals surface area contributed by atoms with Crippen LogP contribution in [-0.2, 0) is 11.3 Å². The molecule has 2 heterocycles. The number of hydrogen-bond donors (Lipinski definition) is 1. The molecule has 1 atom stereocenters. The number of fused-ring (bicyclic) bond motifs is 1. The lowest BCUT2D eigenvalue weighted by atomic mass is 10.0. The summed E-state index contributed by atoms with van der Waals surface area (Å²) in [5.74, 6) is 0.000436. The first kappa shape index (κ1) is 22.6. The van der Waals surface area contributed by atoms with Crippen LogP contribution in [0.3, 0.4) is 0 Å². The van der Waals surface area contributed by atoms with Crippen molar-refractivity contribution in [1.29, 1.82) is 0 Å². The van der Waals surface area contributed by atoms with E-state index < -0.39 is 6.04 Å². The summed E-state index contributed by atoms with van der Waals surface area (Å²) in [5, 5.41) is 9.74. The maximum Gasteiger partial charge on any atom is 0.244 e. The molecule has 5 nitrogen and oxygen atoms in total. The van der Waals surface area contributed by atoms with Crippen molar-refractivity contribution >= 4 is 28.4 Å². The zero-order chi connectivity index (χ0) is 23.5. The second kappa shape index (κ2) is 10.00. The van der Waals surface area contributed by atoms with E-state index in [1.54, 1.807) is 0 Å². The van der Waals surface area contributed by atoms with E-state index in [0.717, 1.165) is 54.6 Å². The van der Waals surface area contributed by atoms with E-state index in [-0.39, 0.29) is 11.9 Å². The zero-order valence-electron chi connectivity index (χ0n) is 19.3. The van der Waals surface area contributed by atoms with E-state index in [1.807, 2.05) is 66.2 Å². The Morgan fingerprint density at radius 3 is 2.41 bits per heavy atom. The van der Waals surface area contributed by atoms with Crippen molar-refractivity contribution in [1.82, 2.24) is 20.0 Å². The molecule has 1 saturated heterocycles. The molecule has 1 fully saturated rings. The summed E-state index contributed by atoms with van der Waals surface area (Å²) in [6.45, 7) is 4.84. The molecule has 4 aromatic rings. The predicted octanol–water partition coefficient (Wildman–Crippen LogP) is 5.70. The molecule has 3 aromatic carbocycles. The van der Waals surface area contributed by atoms with Crippen molar-refractivity contribution in [3.63, 3.8) is 0 Å². The summed E-state index contributed by atoms with van der Waals surface area (Å²) in [6, 6.07) is 26.1. The van der Waals surface area contributed by atoms with Crippen molar-refractivity contribution in [2.45, 2.75) is 38.4 Å². The largest absolute Gasteiger partial charge is 0.351 e. The van der Waals surface area contributed by atoms with Gasteiger partial charge in [0.2, 0.25) is 5.91 Å². The van der Waals surface area contributed by atoms with Crippen LogP contribution in [0.15, 0.2) is 78.9 Å². The van der Waals surface area contributed by atoms with Crippen molar-refractivity contribution in [3.05, 3.63) is 89.4 Å². The smallest absolute Gasteiger partial charge is 0.244 e. The lowest BCUT2D eigenvalue weighted by Gasteiger charge is -2.33. The number of halogens is 1. The summed E-state index contributed by atoms with van der Waals surface area (Å²) in [4.78, 5) is 15.7. The molecule has 0 spiro atoms. The average molecular weight is 473 g/mol. The number of carbonyl (C=O) groups is 1. The molecule has 0 saturated carbocycles. The van der Waals surface area contributed by atoms with E-state index >= 15 is 0 Å². The van der Waals surface area contributed by atoms with Crippen LogP contribution < -0.4 is 5.32 Å². The molecule has 6 heteroatoms. The number of likely N-dealkylation sites (tertiary alicyclic amines) is 1. The van der Waals surface area contributed by atoms with Gasteiger partial charge in [-0.1, -0.05) is 72.3 Å². The number of aromatic nitrogens is 2. The summed E-state index contributed by atoms with van der Waals surface area (Å²) in [7, 11) is 0. The molecule has 0 bridgehead atoms. The molecule has 1 N–H and O–H groups in total. The highest BCUT2D eigenvalue weighted by Gasteiger charge is 2.26. The van der Waals surface area contributed by atoms with Crippen LogP contribution in [0.5, 0.6) is 0 Å². The van der Waals surface area contributed by atoms with E-state index in [2.05, 4.69) is 34.5 Å². The van der Waals surface area contributed by atoms with E-state index in [9.17, 15) is 4.79 Å². The Kier molecular flexibility index (Phi) is 6.66. The second-order valence-electron chi connectivity index (χ2n) is 9.04. The van der Waals surface area contributed by atoms with Crippen LogP contribution in [0.1, 0.15) is 31.4 Å². The van der Waals surface area contributed by atoms with Gasteiger partial charge in [0.1, 0.15) is 11.7 Å². The van der Waals surface area contributed by atoms with Crippen molar-refractivity contribution in [3.8, 4) is 11.3 Å². The van der Waals surface area contributed by atoms with Crippen LogP contribution in [0.25, 0.3) is 22.2 Å². The molecule has 5 rings (SSSR count). The fourth-order valence-electron chi connectivity index (χ4n) is 4.73. The van der Waals surface area contributed by atoms with Gasteiger partial charge in [0.15, 0.2) is 0 Å². The van der Waals surface area contributed by atoms with E-state index in [0.29, 0.717) is 5.02 Å². The Hall–Kier alpha value is -3.15. The third-order valence-electron chi connectivity index (χ3n) is 6.64. The first-order valence-electron chi connectivity index (χ1n) is 11.9. The van der Waals surface area contributed by atoms with Gasteiger partial charge in [0.25, 0.3) is 0 Å². The Morgan fingerprint density at radius 2 is 1.71 bits per heavy atom. The number of hydrogen-bond acceptors (Lipinski definition) is 3. The molecule has 34 heavy (non-hydrogen) atoms. The van der Waals surface area contributed by atoms with Gasteiger partial charge in [0.05, 0.1) is 5.52 Å². The Bertz CT molecular complexity index is 1260. The van der Waals surface area contributed by atoms with Gasteiger partial charge in [-0.25, -0.2) is 0 Å². The highest BCUT2D eigenvalue weighted by molar-refractivity contribution is 6.31. The molecule has 1 aromatic heterocycles. The molecular formula is C28H29ClN4O. The number of nitrogens with zero attached hydrogens (tertiary/aromatic N) is 3. The maximum absolute atomic E-state index is 13.2. The molecule has 174 valence electrons. The minimum absolute atomic E-state index is 0.000436. The quantitative estimate of drug-likeness (QED) is 0.391. The monoisotopic (exact) mass is 472 g/mol. The summed E-state index contributed by atoms with van der Waals surface area (Å²) in [6.07, 6.45) is 1.91. The number of carbonyl (C=O) groups excluding carboxylic acids is 1. The van der Waals surface area contributed by atoms with Gasteiger partial charge in [-0.2, -0.15) is 5.10 Å². The minimum atomic E-state index is -0.427. The first-order chi connectivity index (χ1) is 16.6. The molecule has 1 unspecified atom stereocenters. The Morgan fingerprint density at radius 1 is 1.03 bits per heavy atom. The fraction of sp³-hybridized carbons (Fsp3) is 0.286. The SMILES string of the molecule is CC(C(=O)NC1CCN(Cc2ccccc2)CC1)n1nc(-c2ccccc2)c2cc(Cl)ccc21. The Balaban J connectivity index is 1.28. The van der Waals surface area contributed by atoms with Gasteiger partial charge in [-0.05, 0) is 43.5 Å². The average Bonchev–Trinajstić information content (AvgIpc) is 3.24. The molecule has 1 aliphatic rings. The maximum atomic E-state index is 13.2.